The third-order valence-corrected chi connectivity index (χ3v) is 4.37. The van der Waals surface area contributed by atoms with Crippen molar-refractivity contribution in [3.8, 4) is 0 Å². The molecule has 88 valence electrons. The highest BCUT2D eigenvalue weighted by Gasteiger charge is 2.36. The van der Waals surface area contributed by atoms with Gasteiger partial charge in [0.1, 0.15) is 5.60 Å². The largest absolute Gasteiger partial charge is 0.444 e. The van der Waals surface area contributed by atoms with E-state index >= 15 is 0 Å². The number of carbonyl (C=O) groups is 1. The maximum absolute atomic E-state index is 11.8. The van der Waals surface area contributed by atoms with Crippen molar-refractivity contribution in [2.45, 2.75) is 39.7 Å². The Hall–Kier alpha value is 0. The minimum Gasteiger partial charge on any atom is -0.444 e. The number of hydrogen-bond donors (Lipinski definition) is 0. The molecule has 1 saturated heterocycles. The fraction of sp³-hybridized carbons (Fsp3) is 0.909. The van der Waals surface area contributed by atoms with Crippen LogP contribution in [-0.2, 0) is 4.74 Å². The van der Waals surface area contributed by atoms with Gasteiger partial charge in [-0.05, 0) is 32.6 Å². The second-order valence-corrected chi connectivity index (χ2v) is 6.36. The molecule has 1 atom stereocenters. The topological polar surface area (TPSA) is 29.5 Å². The summed E-state index contributed by atoms with van der Waals surface area (Å²) in [6.07, 6.45) is 0.908. The molecular formula is C11H20INO2. The van der Waals surface area contributed by atoms with Crippen LogP contribution < -0.4 is 0 Å². The minimum atomic E-state index is -0.388. The van der Waals surface area contributed by atoms with Crippen molar-refractivity contribution in [2.24, 2.45) is 5.41 Å². The van der Waals surface area contributed by atoms with Crippen molar-refractivity contribution in [1.82, 2.24) is 4.90 Å². The van der Waals surface area contributed by atoms with E-state index in [0.717, 1.165) is 23.9 Å². The summed E-state index contributed by atoms with van der Waals surface area (Å²) in [5, 5.41) is 0. The smallest absolute Gasteiger partial charge is 0.410 e. The Kier molecular flexibility index (Phi) is 3.90. The molecule has 1 fully saturated rings. The first-order chi connectivity index (χ1) is 6.76. The summed E-state index contributed by atoms with van der Waals surface area (Å²) >= 11 is 2.39. The highest BCUT2D eigenvalue weighted by atomic mass is 127. The number of likely N-dealkylation sites (tertiary alicyclic amines) is 1. The van der Waals surface area contributed by atoms with E-state index in [4.69, 9.17) is 4.74 Å². The molecule has 1 amide bonds. The molecule has 0 aromatic rings. The summed E-state index contributed by atoms with van der Waals surface area (Å²) in [4.78, 5) is 13.6. The fourth-order valence-electron chi connectivity index (χ4n) is 1.62. The molecule has 1 unspecified atom stereocenters. The van der Waals surface area contributed by atoms with Crippen LogP contribution >= 0.6 is 22.6 Å². The first-order valence-electron chi connectivity index (χ1n) is 5.30. The van der Waals surface area contributed by atoms with Crippen molar-refractivity contribution in [1.29, 1.82) is 0 Å². The Morgan fingerprint density at radius 2 is 2.13 bits per heavy atom. The van der Waals surface area contributed by atoms with E-state index < -0.39 is 0 Å². The molecule has 3 nitrogen and oxygen atoms in total. The van der Waals surface area contributed by atoms with E-state index in [0.29, 0.717) is 0 Å². The molecule has 1 heterocycles. The Morgan fingerprint density at radius 1 is 1.53 bits per heavy atom. The van der Waals surface area contributed by atoms with Gasteiger partial charge in [-0.15, -0.1) is 0 Å². The summed E-state index contributed by atoms with van der Waals surface area (Å²) in [6, 6.07) is 0. The lowest BCUT2D eigenvalue weighted by Crippen LogP contribution is -2.36. The maximum atomic E-state index is 11.8. The molecule has 15 heavy (non-hydrogen) atoms. The average Bonchev–Trinajstić information content (AvgIpc) is 2.46. The number of hydrogen-bond acceptors (Lipinski definition) is 2. The maximum Gasteiger partial charge on any atom is 0.410 e. The highest BCUT2D eigenvalue weighted by Crippen LogP contribution is 2.32. The lowest BCUT2D eigenvalue weighted by molar-refractivity contribution is 0.0279. The molecule has 0 aromatic heterocycles. The molecule has 1 aliphatic rings. The van der Waals surface area contributed by atoms with Gasteiger partial charge in [0.15, 0.2) is 0 Å². The summed E-state index contributed by atoms with van der Waals surface area (Å²) in [7, 11) is 0. The Balaban J connectivity index is 2.51. The zero-order valence-electron chi connectivity index (χ0n) is 9.97. The van der Waals surface area contributed by atoms with Crippen molar-refractivity contribution in [3.05, 3.63) is 0 Å². The lowest BCUT2D eigenvalue weighted by Gasteiger charge is -2.26. The van der Waals surface area contributed by atoms with Crippen LogP contribution in [0.5, 0.6) is 0 Å². The van der Waals surface area contributed by atoms with Crippen molar-refractivity contribution < 1.29 is 9.53 Å². The van der Waals surface area contributed by atoms with Gasteiger partial charge in [-0.3, -0.25) is 0 Å². The van der Waals surface area contributed by atoms with Gasteiger partial charge in [0.25, 0.3) is 0 Å². The van der Waals surface area contributed by atoms with Crippen molar-refractivity contribution >= 4 is 28.7 Å². The number of nitrogens with zero attached hydrogens (tertiary/aromatic N) is 1. The summed E-state index contributed by atoms with van der Waals surface area (Å²) in [5.41, 5.74) is -0.113. The van der Waals surface area contributed by atoms with Gasteiger partial charge in [0, 0.05) is 17.5 Å². The third kappa shape index (κ3) is 3.81. The Bertz CT molecular complexity index is 249. The van der Waals surface area contributed by atoms with Crippen LogP contribution in [0, 0.1) is 5.41 Å². The number of rotatable bonds is 1. The number of alkyl halides is 1. The molecule has 0 spiro atoms. The molecule has 0 bridgehead atoms. The number of carbonyl (C=O) groups excluding carboxylic acids is 1. The van der Waals surface area contributed by atoms with Crippen LogP contribution in [0.4, 0.5) is 4.79 Å². The standard InChI is InChI=1S/C11H20INO2/c1-10(2,3)15-9(14)13-6-5-11(4,7-12)8-13/h5-8H2,1-4H3. The zero-order valence-corrected chi connectivity index (χ0v) is 12.1. The molecule has 4 heteroatoms. The summed E-state index contributed by atoms with van der Waals surface area (Å²) < 4.78 is 6.43. The molecule has 1 rings (SSSR count). The summed E-state index contributed by atoms with van der Waals surface area (Å²) in [6.45, 7) is 9.58. The van der Waals surface area contributed by atoms with Crippen molar-refractivity contribution in [2.75, 3.05) is 17.5 Å². The molecule has 0 aromatic carbocycles. The van der Waals surface area contributed by atoms with Gasteiger partial charge in [0.05, 0.1) is 0 Å². The van der Waals surface area contributed by atoms with Gasteiger partial charge < -0.3 is 9.64 Å². The minimum absolute atomic E-state index is 0.170. The second kappa shape index (κ2) is 4.47. The first-order valence-corrected chi connectivity index (χ1v) is 6.82. The van der Waals surface area contributed by atoms with Gasteiger partial charge in [-0.25, -0.2) is 4.79 Å². The predicted octanol–water partition coefficient (Wildman–Crippen LogP) is 3.07. The summed E-state index contributed by atoms with van der Waals surface area (Å²) in [5.74, 6) is 0. The van der Waals surface area contributed by atoms with E-state index in [9.17, 15) is 4.79 Å². The molecule has 0 saturated carbocycles. The number of amides is 1. The normalized spacial score (nSPS) is 26.9. The Labute approximate surface area is 106 Å². The Morgan fingerprint density at radius 3 is 2.53 bits per heavy atom. The molecule has 0 radical (unpaired) electrons. The van der Waals surface area contributed by atoms with Gasteiger partial charge in [0.2, 0.25) is 0 Å². The van der Waals surface area contributed by atoms with Crippen LogP contribution in [-0.4, -0.2) is 34.1 Å². The molecule has 0 aliphatic carbocycles. The van der Waals surface area contributed by atoms with Gasteiger partial charge in [-0.2, -0.15) is 0 Å². The fourth-order valence-corrected chi connectivity index (χ4v) is 2.24. The zero-order chi connectivity index (χ0) is 11.7. The number of halogens is 1. The predicted molar refractivity (Wildman–Crippen MR) is 69.4 cm³/mol. The van der Waals surface area contributed by atoms with E-state index in [1.54, 1.807) is 0 Å². The second-order valence-electron chi connectivity index (χ2n) is 5.60. The van der Waals surface area contributed by atoms with Gasteiger partial charge in [-0.1, -0.05) is 29.5 Å². The van der Waals surface area contributed by atoms with Crippen LogP contribution in [0.15, 0.2) is 0 Å². The molecular weight excluding hydrogens is 305 g/mol. The third-order valence-electron chi connectivity index (χ3n) is 2.53. The van der Waals surface area contributed by atoms with Gasteiger partial charge >= 0.3 is 6.09 Å². The van der Waals surface area contributed by atoms with Crippen molar-refractivity contribution in [3.63, 3.8) is 0 Å². The quantitative estimate of drug-likeness (QED) is 0.548. The van der Waals surface area contributed by atoms with Crippen LogP contribution in [0.1, 0.15) is 34.1 Å². The molecule has 0 N–H and O–H groups in total. The highest BCUT2D eigenvalue weighted by molar-refractivity contribution is 14.1. The average molecular weight is 325 g/mol. The van der Waals surface area contributed by atoms with E-state index in [1.165, 1.54) is 0 Å². The SMILES string of the molecule is CC1(CI)CCN(C(=O)OC(C)(C)C)C1. The number of ether oxygens (including phenoxy) is 1. The molecule has 1 aliphatic heterocycles. The monoisotopic (exact) mass is 325 g/mol. The van der Waals surface area contributed by atoms with E-state index in [2.05, 4.69) is 29.5 Å². The van der Waals surface area contributed by atoms with E-state index in [1.807, 2.05) is 25.7 Å². The van der Waals surface area contributed by atoms with E-state index in [-0.39, 0.29) is 17.1 Å². The first kappa shape index (κ1) is 13.1. The van der Waals surface area contributed by atoms with Crippen LogP contribution in [0.3, 0.4) is 0 Å². The van der Waals surface area contributed by atoms with Crippen LogP contribution in [0.25, 0.3) is 0 Å². The lowest BCUT2D eigenvalue weighted by atomic mass is 9.93. The van der Waals surface area contributed by atoms with Crippen LogP contribution in [0.2, 0.25) is 0 Å².